The molecule has 0 bridgehead atoms. The van der Waals surface area contributed by atoms with Gasteiger partial charge < -0.3 is 30.0 Å². The highest BCUT2D eigenvalue weighted by Crippen LogP contribution is 2.19. The third kappa shape index (κ3) is 5.77. The van der Waals surface area contributed by atoms with E-state index < -0.39 is 5.82 Å². The number of halogens is 1. The van der Waals surface area contributed by atoms with E-state index in [2.05, 4.69) is 26.8 Å². The highest BCUT2D eigenvalue weighted by molar-refractivity contribution is 5.69. The van der Waals surface area contributed by atoms with Crippen LogP contribution in [-0.2, 0) is 16.0 Å². The summed E-state index contributed by atoms with van der Waals surface area (Å²) < 4.78 is 26.2. The Bertz CT molecular complexity index is 1120. The van der Waals surface area contributed by atoms with Crippen LogP contribution in [0.4, 0.5) is 4.39 Å². The van der Waals surface area contributed by atoms with Crippen LogP contribution >= 0.6 is 0 Å². The van der Waals surface area contributed by atoms with Gasteiger partial charge in [0, 0.05) is 37.9 Å². The zero-order valence-corrected chi connectivity index (χ0v) is 18.5. The predicted octanol–water partition coefficient (Wildman–Crippen LogP) is 1.27. The van der Waals surface area contributed by atoms with Crippen LogP contribution in [0, 0.1) is 5.82 Å². The summed E-state index contributed by atoms with van der Waals surface area (Å²) in [5, 5.41) is 3.55. The van der Waals surface area contributed by atoms with Crippen LogP contribution < -0.4 is 16.6 Å². The van der Waals surface area contributed by atoms with E-state index in [-0.39, 0.29) is 5.56 Å². The largest absolute Gasteiger partial charge is 0.486 e. The van der Waals surface area contributed by atoms with Gasteiger partial charge in [0.05, 0.1) is 17.9 Å². The number of rotatable bonds is 7. The van der Waals surface area contributed by atoms with E-state index in [9.17, 15) is 9.18 Å². The van der Waals surface area contributed by atoms with Crippen molar-refractivity contribution < 1.29 is 13.9 Å². The van der Waals surface area contributed by atoms with Crippen molar-refractivity contribution in [3.05, 3.63) is 70.6 Å². The second-order valence-corrected chi connectivity index (χ2v) is 8.14. The maximum atomic E-state index is 13.6. The number of hydrogen-bond donors (Lipinski definition) is 2. The fourth-order valence-electron chi connectivity index (χ4n) is 4.06. The number of nitrogens with one attached hydrogen (secondary N) is 1. The highest BCUT2D eigenvalue weighted by Gasteiger charge is 2.20. The Balaban J connectivity index is 1.25. The zero-order chi connectivity index (χ0) is 23.2. The van der Waals surface area contributed by atoms with Crippen LogP contribution in [0.15, 0.2) is 59.2 Å². The van der Waals surface area contributed by atoms with Gasteiger partial charge in [0.1, 0.15) is 19.0 Å². The number of ether oxygens (including phenoxy) is 2. The van der Waals surface area contributed by atoms with Crippen LogP contribution in [0.5, 0.6) is 0 Å². The van der Waals surface area contributed by atoms with Gasteiger partial charge in [0.2, 0.25) is 0 Å². The molecule has 10 heteroatoms. The van der Waals surface area contributed by atoms with Gasteiger partial charge >= 0.3 is 0 Å². The smallest absolute Gasteiger partial charge is 0.269 e. The molecule has 4 heterocycles. The van der Waals surface area contributed by atoms with E-state index in [1.807, 2.05) is 6.08 Å². The van der Waals surface area contributed by atoms with E-state index in [0.29, 0.717) is 61.6 Å². The lowest BCUT2D eigenvalue weighted by molar-refractivity contribution is 0.0591. The summed E-state index contributed by atoms with van der Waals surface area (Å²) in [5.41, 5.74) is 7.01. The van der Waals surface area contributed by atoms with E-state index in [0.717, 1.165) is 37.7 Å². The molecule has 2 aromatic heterocycles. The van der Waals surface area contributed by atoms with Crippen LogP contribution in [0.2, 0.25) is 0 Å². The molecule has 0 aromatic carbocycles. The highest BCUT2D eigenvalue weighted by atomic mass is 19.1. The molecule has 2 saturated heterocycles. The number of aromatic nitrogens is 3. The molecule has 0 unspecified atom stereocenters. The molecule has 176 valence electrons. The zero-order valence-electron chi connectivity index (χ0n) is 18.5. The second-order valence-electron chi connectivity index (χ2n) is 8.14. The van der Waals surface area contributed by atoms with E-state index in [4.69, 9.17) is 15.2 Å². The molecule has 4 rings (SSSR count). The van der Waals surface area contributed by atoms with E-state index in [1.54, 1.807) is 4.57 Å². The molecule has 2 fully saturated rings. The molecule has 0 amide bonds. The summed E-state index contributed by atoms with van der Waals surface area (Å²) in [7, 11) is 0. The number of fused-ring (bicyclic) bond motifs is 1. The number of piperidine rings is 1. The molecule has 0 aliphatic carbocycles. The quantitative estimate of drug-likeness (QED) is 0.642. The van der Waals surface area contributed by atoms with Crippen molar-refractivity contribution in [2.75, 3.05) is 39.4 Å². The first-order valence-corrected chi connectivity index (χ1v) is 11.1. The van der Waals surface area contributed by atoms with Crippen molar-refractivity contribution in [2.45, 2.75) is 25.4 Å². The fourth-order valence-corrected chi connectivity index (χ4v) is 4.06. The summed E-state index contributed by atoms with van der Waals surface area (Å²) in [6.45, 7) is 8.71. The molecular weight excluding hydrogens is 427 g/mol. The first kappa shape index (κ1) is 22.9. The number of hydrogen-bond acceptors (Lipinski definition) is 8. The SMILES string of the molecule is C=C(/C=C1/OCCO/C1=C/N)CNC1CCN(CCn2c(=O)cnc3ncc(F)cc32)CC1. The average molecular weight is 457 g/mol. The lowest BCUT2D eigenvalue weighted by atomic mass is 10.0. The van der Waals surface area contributed by atoms with Crippen LogP contribution in [0.25, 0.3) is 11.2 Å². The maximum Gasteiger partial charge on any atom is 0.269 e. The Morgan fingerprint density at radius 1 is 1.21 bits per heavy atom. The van der Waals surface area contributed by atoms with Crippen LogP contribution in [-0.4, -0.2) is 64.9 Å². The minimum atomic E-state index is -0.481. The Hall–Kier alpha value is -3.24. The minimum Gasteiger partial charge on any atom is -0.486 e. The van der Waals surface area contributed by atoms with E-state index >= 15 is 0 Å². The number of pyridine rings is 1. The van der Waals surface area contributed by atoms with Gasteiger partial charge in [-0.2, -0.15) is 0 Å². The van der Waals surface area contributed by atoms with Crippen molar-refractivity contribution in [3.63, 3.8) is 0 Å². The summed E-state index contributed by atoms with van der Waals surface area (Å²) >= 11 is 0. The van der Waals surface area contributed by atoms with Gasteiger partial charge in [-0.25, -0.2) is 14.4 Å². The van der Waals surface area contributed by atoms with Crippen molar-refractivity contribution in [3.8, 4) is 0 Å². The molecule has 0 saturated carbocycles. The van der Waals surface area contributed by atoms with Crippen LogP contribution in [0.3, 0.4) is 0 Å². The summed E-state index contributed by atoms with van der Waals surface area (Å²) in [4.78, 5) is 22.6. The van der Waals surface area contributed by atoms with Gasteiger partial charge in [-0.05, 0) is 37.6 Å². The standard InChI is InChI=1S/C23H29FN6O3/c1-16(10-20-21(12-25)33-9-8-32-20)13-26-18-2-4-29(5-3-18)6-7-30-19-11-17(24)14-27-23(19)28-15-22(30)31/h10-12,14-15,18,26H,1-9,13,25H2/b20-10+,21-12+. The fraction of sp³-hybridized carbons (Fsp3) is 0.435. The third-order valence-electron chi connectivity index (χ3n) is 5.84. The van der Waals surface area contributed by atoms with Crippen molar-refractivity contribution in [1.29, 1.82) is 0 Å². The number of nitrogens with zero attached hydrogens (tertiary/aromatic N) is 4. The molecule has 0 spiro atoms. The first-order chi connectivity index (χ1) is 16.0. The van der Waals surface area contributed by atoms with Crippen molar-refractivity contribution >= 4 is 11.2 Å². The van der Waals surface area contributed by atoms with Crippen molar-refractivity contribution in [2.24, 2.45) is 5.73 Å². The van der Waals surface area contributed by atoms with Crippen molar-refractivity contribution in [1.82, 2.24) is 24.8 Å². The minimum absolute atomic E-state index is 0.251. The monoisotopic (exact) mass is 456 g/mol. The Kier molecular flexibility index (Phi) is 7.36. The van der Waals surface area contributed by atoms with Gasteiger partial charge in [-0.1, -0.05) is 6.58 Å². The molecule has 33 heavy (non-hydrogen) atoms. The molecular formula is C23H29FN6O3. The van der Waals surface area contributed by atoms with Gasteiger partial charge in [0.25, 0.3) is 5.56 Å². The second kappa shape index (κ2) is 10.6. The summed E-state index contributed by atoms with van der Waals surface area (Å²) in [6.07, 6.45) is 7.57. The summed E-state index contributed by atoms with van der Waals surface area (Å²) in [5.74, 6) is 0.667. The molecule has 2 aliphatic heterocycles. The Morgan fingerprint density at radius 3 is 2.70 bits per heavy atom. The molecule has 0 atom stereocenters. The number of likely N-dealkylation sites (tertiary alicyclic amines) is 1. The lowest BCUT2D eigenvalue weighted by Gasteiger charge is -2.32. The Labute approximate surface area is 191 Å². The molecule has 0 radical (unpaired) electrons. The van der Waals surface area contributed by atoms with Gasteiger partial charge in [-0.3, -0.25) is 4.79 Å². The first-order valence-electron chi connectivity index (χ1n) is 11.1. The lowest BCUT2D eigenvalue weighted by Crippen LogP contribution is -2.44. The molecule has 2 aliphatic rings. The topological polar surface area (TPSA) is 108 Å². The molecule has 2 aromatic rings. The molecule has 3 N–H and O–H groups in total. The maximum absolute atomic E-state index is 13.6. The molecule has 9 nitrogen and oxygen atoms in total. The van der Waals surface area contributed by atoms with E-state index in [1.165, 1.54) is 18.5 Å². The number of nitrogens with two attached hydrogens (primary N) is 1. The van der Waals surface area contributed by atoms with Gasteiger partial charge in [0.15, 0.2) is 17.2 Å². The average Bonchev–Trinajstić information content (AvgIpc) is 2.83. The summed E-state index contributed by atoms with van der Waals surface area (Å²) in [6, 6.07) is 1.69. The van der Waals surface area contributed by atoms with Crippen LogP contribution in [0.1, 0.15) is 12.8 Å². The van der Waals surface area contributed by atoms with Gasteiger partial charge in [-0.15, -0.1) is 0 Å². The Morgan fingerprint density at radius 2 is 1.94 bits per heavy atom. The third-order valence-corrected chi connectivity index (χ3v) is 5.84. The predicted molar refractivity (Wildman–Crippen MR) is 123 cm³/mol. The normalized spacial score (nSPS) is 20.2.